The Labute approximate surface area is 118 Å². The molecule has 18 heavy (non-hydrogen) atoms. The first-order chi connectivity index (χ1) is 8.25. The minimum absolute atomic E-state index is 0.0532. The standard InChI is InChI=1S/C11H19ClN2O2S2/c1-7(5-12)6-18(15,16)14-9(3)11-8(2)13-10(4)17-11/h7,9,14H,5-6H2,1-4H3. The number of hydrogen-bond acceptors (Lipinski definition) is 4. The maximum absolute atomic E-state index is 11.9. The monoisotopic (exact) mass is 310 g/mol. The molecule has 4 nitrogen and oxygen atoms in total. The first-order valence-corrected chi connectivity index (χ1v) is 8.75. The van der Waals surface area contributed by atoms with Crippen LogP contribution >= 0.6 is 22.9 Å². The van der Waals surface area contributed by atoms with Crippen LogP contribution in [0.4, 0.5) is 0 Å². The fourth-order valence-corrected chi connectivity index (χ4v) is 4.60. The lowest BCUT2D eigenvalue weighted by Crippen LogP contribution is -2.31. The van der Waals surface area contributed by atoms with Gasteiger partial charge in [-0.1, -0.05) is 6.92 Å². The molecule has 0 saturated carbocycles. The van der Waals surface area contributed by atoms with E-state index in [1.807, 2.05) is 27.7 Å². The predicted octanol–water partition coefficient (Wildman–Crippen LogP) is 2.62. The number of rotatable bonds is 6. The second kappa shape index (κ2) is 6.32. The first kappa shape index (κ1) is 15.9. The SMILES string of the molecule is Cc1nc(C)c(C(C)NS(=O)(=O)CC(C)CCl)s1. The summed E-state index contributed by atoms with van der Waals surface area (Å²) < 4.78 is 26.5. The zero-order valence-electron chi connectivity index (χ0n) is 11.0. The molecule has 0 amide bonds. The fourth-order valence-electron chi connectivity index (χ4n) is 1.74. The van der Waals surface area contributed by atoms with E-state index in [1.54, 1.807) is 0 Å². The van der Waals surface area contributed by atoms with Crippen LogP contribution < -0.4 is 4.72 Å². The molecule has 1 aromatic heterocycles. The van der Waals surface area contributed by atoms with E-state index < -0.39 is 10.0 Å². The van der Waals surface area contributed by atoms with Gasteiger partial charge in [-0.2, -0.15) is 0 Å². The highest BCUT2D eigenvalue weighted by Crippen LogP contribution is 2.25. The molecule has 0 radical (unpaired) electrons. The van der Waals surface area contributed by atoms with E-state index in [0.29, 0.717) is 5.88 Å². The number of thiazole rings is 1. The molecule has 0 aromatic carbocycles. The van der Waals surface area contributed by atoms with Crippen LogP contribution in [0.5, 0.6) is 0 Å². The topological polar surface area (TPSA) is 59.1 Å². The lowest BCUT2D eigenvalue weighted by Gasteiger charge is -2.15. The van der Waals surface area contributed by atoms with E-state index in [9.17, 15) is 8.42 Å². The highest BCUT2D eigenvalue weighted by Gasteiger charge is 2.21. The first-order valence-electron chi connectivity index (χ1n) is 5.75. The smallest absolute Gasteiger partial charge is 0.212 e. The van der Waals surface area contributed by atoms with Gasteiger partial charge in [-0.05, 0) is 26.7 Å². The minimum Gasteiger partial charge on any atom is -0.247 e. The predicted molar refractivity (Wildman–Crippen MR) is 76.8 cm³/mol. The molecule has 104 valence electrons. The quantitative estimate of drug-likeness (QED) is 0.822. The molecule has 0 aliphatic carbocycles. The summed E-state index contributed by atoms with van der Waals surface area (Å²) in [6, 6.07) is -0.247. The summed E-state index contributed by atoms with van der Waals surface area (Å²) in [5, 5.41) is 0.947. The van der Waals surface area contributed by atoms with Crippen LogP contribution in [0.1, 0.15) is 35.5 Å². The van der Waals surface area contributed by atoms with Crippen LogP contribution in [0.25, 0.3) is 0 Å². The largest absolute Gasteiger partial charge is 0.247 e. The Hall–Kier alpha value is -0.170. The molecule has 0 aliphatic rings. The third-order valence-corrected chi connectivity index (χ3v) is 5.96. The van der Waals surface area contributed by atoms with Crippen molar-refractivity contribution in [3.05, 3.63) is 15.6 Å². The summed E-state index contributed by atoms with van der Waals surface area (Å²) in [5.74, 6) is 0.340. The van der Waals surface area contributed by atoms with Crippen molar-refractivity contribution in [2.45, 2.75) is 33.7 Å². The number of sulfonamides is 1. The van der Waals surface area contributed by atoms with Gasteiger partial charge in [0.1, 0.15) is 0 Å². The Kier molecular flexibility index (Phi) is 5.58. The van der Waals surface area contributed by atoms with Crippen LogP contribution in [0.2, 0.25) is 0 Å². The zero-order valence-corrected chi connectivity index (χ0v) is 13.4. The average molecular weight is 311 g/mol. The fraction of sp³-hybridized carbons (Fsp3) is 0.727. The summed E-state index contributed by atoms with van der Waals surface area (Å²) in [7, 11) is -3.30. The summed E-state index contributed by atoms with van der Waals surface area (Å²) in [6.45, 7) is 7.46. The highest BCUT2D eigenvalue weighted by atomic mass is 35.5. The van der Waals surface area contributed by atoms with Gasteiger partial charge in [0.05, 0.1) is 22.5 Å². The number of alkyl halides is 1. The normalized spacial score (nSPS) is 15.6. The molecule has 0 saturated heterocycles. The van der Waals surface area contributed by atoms with Crippen molar-refractivity contribution < 1.29 is 8.42 Å². The van der Waals surface area contributed by atoms with Gasteiger partial charge in [0.15, 0.2) is 0 Å². The summed E-state index contributed by atoms with van der Waals surface area (Å²) in [6.07, 6.45) is 0. The van der Waals surface area contributed by atoms with Crippen molar-refractivity contribution in [2.24, 2.45) is 5.92 Å². The molecule has 0 bridgehead atoms. The van der Waals surface area contributed by atoms with Crippen LogP contribution in [0, 0.1) is 19.8 Å². The van der Waals surface area contributed by atoms with Crippen LogP contribution in [0.3, 0.4) is 0 Å². The van der Waals surface area contributed by atoms with Crippen molar-refractivity contribution in [3.8, 4) is 0 Å². The van der Waals surface area contributed by atoms with Crippen molar-refractivity contribution in [3.63, 3.8) is 0 Å². The molecule has 0 spiro atoms. The molecule has 2 atom stereocenters. The van der Waals surface area contributed by atoms with Crippen molar-refractivity contribution in [2.75, 3.05) is 11.6 Å². The maximum atomic E-state index is 11.9. The lowest BCUT2D eigenvalue weighted by atomic mass is 10.2. The lowest BCUT2D eigenvalue weighted by molar-refractivity contribution is 0.556. The summed E-state index contributed by atoms with van der Waals surface area (Å²) in [5.41, 5.74) is 0.887. The van der Waals surface area contributed by atoms with E-state index in [1.165, 1.54) is 11.3 Å². The van der Waals surface area contributed by atoms with E-state index >= 15 is 0 Å². The number of halogens is 1. The third kappa shape index (κ3) is 4.50. The van der Waals surface area contributed by atoms with Gasteiger partial charge in [0.25, 0.3) is 0 Å². The van der Waals surface area contributed by atoms with Crippen LogP contribution in [-0.4, -0.2) is 25.0 Å². The number of aromatic nitrogens is 1. The number of hydrogen-bond donors (Lipinski definition) is 1. The molecule has 0 aliphatic heterocycles. The van der Waals surface area contributed by atoms with Gasteiger partial charge >= 0.3 is 0 Å². The molecule has 1 rings (SSSR count). The van der Waals surface area contributed by atoms with Gasteiger partial charge in [0.2, 0.25) is 10.0 Å². The number of nitrogens with zero attached hydrogens (tertiary/aromatic N) is 1. The number of aryl methyl sites for hydroxylation is 2. The Bertz CT molecular complexity index is 499. The second-order valence-corrected chi connectivity index (χ2v) is 7.90. The van der Waals surface area contributed by atoms with Crippen LogP contribution in [-0.2, 0) is 10.0 Å². The Balaban J connectivity index is 2.75. The van der Waals surface area contributed by atoms with E-state index in [2.05, 4.69) is 9.71 Å². The third-order valence-electron chi connectivity index (χ3n) is 2.46. The van der Waals surface area contributed by atoms with Crippen LogP contribution in [0.15, 0.2) is 0 Å². The Morgan fingerprint density at radius 1 is 1.39 bits per heavy atom. The molecule has 0 fully saturated rings. The van der Waals surface area contributed by atoms with Gasteiger partial charge in [-0.25, -0.2) is 18.1 Å². The van der Waals surface area contributed by atoms with Gasteiger partial charge in [0, 0.05) is 10.8 Å². The molecule has 7 heteroatoms. The summed E-state index contributed by atoms with van der Waals surface area (Å²) >= 11 is 7.16. The van der Waals surface area contributed by atoms with Gasteiger partial charge in [-0.15, -0.1) is 22.9 Å². The Morgan fingerprint density at radius 3 is 2.44 bits per heavy atom. The average Bonchev–Trinajstić information content (AvgIpc) is 2.56. The molecular weight excluding hydrogens is 292 g/mol. The van der Waals surface area contributed by atoms with Crippen molar-refractivity contribution in [1.82, 2.24) is 9.71 Å². The maximum Gasteiger partial charge on any atom is 0.212 e. The second-order valence-electron chi connectivity index (χ2n) is 4.56. The van der Waals surface area contributed by atoms with E-state index in [-0.39, 0.29) is 17.7 Å². The van der Waals surface area contributed by atoms with E-state index in [0.717, 1.165) is 15.6 Å². The molecular formula is C11H19ClN2O2S2. The highest BCUT2D eigenvalue weighted by molar-refractivity contribution is 7.89. The molecule has 1 aromatic rings. The van der Waals surface area contributed by atoms with E-state index in [4.69, 9.17) is 11.6 Å². The Morgan fingerprint density at radius 2 is 2.00 bits per heavy atom. The molecule has 2 unspecified atom stereocenters. The van der Waals surface area contributed by atoms with Gasteiger partial charge < -0.3 is 0 Å². The summed E-state index contributed by atoms with van der Waals surface area (Å²) in [4.78, 5) is 5.27. The minimum atomic E-state index is -3.30. The zero-order chi connectivity index (χ0) is 13.9. The van der Waals surface area contributed by atoms with Crippen molar-refractivity contribution in [1.29, 1.82) is 0 Å². The molecule has 1 N–H and O–H groups in total. The van der Waals surface area contributed by atoms with Gasteiger partial charge in [-0.3, -0.25) is 0 Å². The van der Waals surface area contributed by atoms with Crippen molar-refractivity contribution >= 4 is 33.0 Å². The number of nitrogens with one attached hydrogen (secondary N) is 1. The molecule has 1 heterocycles.